The van der Waals surface area contributed by atoms with Crippen molar-refractivity contribution in [2.45, 2.75) is 29.7 Å². The highest BCUT2D eigenvalue weighted by atomic mass is 32.2. The quantitative estimate of drug-likeness (QED) is 0.777. The second-order valence-corrected chi connectivity index (χ2v) is 6.82. The largest absolute Gasteiger partial charge is 0.465 e. The maximum absolute atomic E-state index is 12.1. The Kier molecular flexibility index (Phi) is 4.12. The van der Waals surface area contributed by atoms with Gasteiger partial charge < -0.3 is 10.5 Å². The Labute approximate surface area is 118 Å². The molecule has 6 nitrogen and oxygen atoms in total. The van der Waals surface area contributed by atoms with Crippen LogP contribution in [0.2, 0.25) is 0 Å². The Bertz CT molecular complexity index is 591. The summed E-state index contributed by atoms with van der Waals surface area (Å²) in [6, 6.07) is 5.58. The molecule has 0 aromatic heterocycles. The molecule has 110 valence electrons. The number of nitrogens with one attached hydrogen (secondary N) is 1. The number of carbonyl (C=O) groups excluding carboxylic acids is 1. The van der Waals surface area contributed by atoms with Crippen LogP contribution < -0.4 is 10.5 Å². The number of ether oxygens (including phenoxy) is 1. The van der Waals surface area contributed by atoms with E-state index in [-0.39, 0.29) is 11.4 Å². The third-order valence-corrected chi connectivity index (χ3v) is 4.97. The zero-order chi connectivity index (χ0) is 14.8. The lowest BCUT2D eigenvalue weighted by atomic mass is 9.78. The summed E-state index contributed by atoms with van der Waals surface area (Å²) in [6.45, 7) is 0.230. The van der Waals surface area contributed by atoms with E-state index in [0.717, 1.165) is 19.3 Å². The molecule has 3 N–H and O–H groups in total. The molecule has 1 aliphatic carbocycles. The van der Waals surface area contributed by atoms with E-state index >= 15 is 0 Å². The van der Waals surface area contributed by atoms with E-state index < -0.39 is 21.5 Å². The van der Waals surface area contributed by atoms with Crippen molar-refractivity contribution in [3.05, 3.63) is 29.8 Å². The van der Waals surface area contributed by atoms with Gasteiger partial charge in [0.1, 0.15) is 0 Å². The van der Waals surface area contributed by atoms with E-state index in [2.05, 4.69) is 9.46 Å². The number of methoxy groups -OCH3 is 1. The van der Waals surface area contributed by atoms with E-state index in [9.17, 15) is 13.2 Å². The number of hydrogen-bond donors (Lipinski definition) is 2. The topological polar surface area (TPSA) is 98.5 Å². The summed E-state index contributed by atoms with van der Waals surface area (Å²) in [4.78, 5) is 11.4. The van der Waals surface area contributed by atoms with E-state index in [0.29, 0.717) is 5.56 Å². The molecule has 0 atom stereocenters. The summed E-state index contributed by atoms with van der Waals surface area (Å²) >= 11 is 0. The molecule has 1 aromatic carbocycles. The lowest BCUT2D eigenvalue weighted by Crippen LogP contribution is -2.54. The standard InChI is InChI=1S/C13H18N2O4S/c1-19-12(16)10-3-5-11(6-4-10)20(17,18)15-9-13(14)7-2-8-13/h3-6,15H,2,7-9,14H2,1H3. The zero-order valence-electron chi connectivity index (χ0n) is 11.3. The molecule has 1 aliphatic rings. The summed E-state index contributed by atoms with van der Waals surface area (Å²) < 4.78 is 31.2. The van der Waals surface area contributed by atoms with Crippen LogP contribution in [-0.2, 0) is 14.8 Å². The third-order valence-electron chi connectivity index (χ3n) is 3.55. The minimum Gasteiger partial charge on any atom is -0.465 e. The van der Waals surface area contributed by atoms with Gasteiger partial charge in [-0.2, -0.15) is 0 Å². The van der Waals surface area contributed by atoms with Gasteiger partial charge in [-0.25, -0.2) is 17.9 Å². The molecule has 1 fully saturated rings. The maximum Gasteiger partial charge on any atom is 0.337 e. The summed E-state index contributed by atoms with van der Waals surface area (Å²) in [7, 11) is -2.33. The summed E-state index contributed by atoms with van der Waals surface area (Å²) in [6.07, 6.45) is 2.69. The van der Waals surface area contributed by atoms with Gasteiger partial charge in [-0.05, 0) is 43.5 Å². The number of nitrogens with two attached hydrogens (primary N) is 1. The number of esters is 1. The highest BCUT2D eigenvalue weighted by molar-refractivity contribution is 7.89. The van der Waals surface area contributed by atoms with Crippen molar-refractivity contribution in [1.29, 1.82) is 0 Å². The molecule has 7 heteroatoms. The van der Waals surface area contributed by atoms with Gasteiger partial charge >= 0.3 is 5.97 Å². The van der Waals surface area contributed by atoms with Gasteiger partial charge in [-0.15, -0.1) is 0 Å². The third kappa shape index (κ3) is 3.17. The van der Waals surface area contributed by atoms with Gasteiger partial charge in [0.25, 0.3) is 0 Å². The van der Waals surface area contributed by atoms with E-state index in [1.54, 1.807) is 0 Å². The van der Waals surface area contributed by atoms with Gasteiger partial charge in [0.15, 0.2) is 0 Å². The molecule has 0 spiro atoms. The van der Waals surface area contributed by atoms with Crippen molar-refractivity contribution < 1.29 is 17.9 Å². The van der Waals surface area contributed by atoms with Crippen molar-refractivity contribution in [1.82, 2.24) is 4.72 Å². The Morgan fingerprint density at radius 1 is 1.35 bits per heavy atom. The van der Waals surface area contributed by atoms with Crippen LogP contribution in [0.4, 0.5) is 0 Å². The highest BCUT2D eigenvalue weighted by Gasteiger charge is 2.33. The van der Waals surface area contributed by atoms with Crippen molar-refractivity contribution >= 4 is 16.0 Å². The number of sulfonamides is 1. The van der Waals surface area contributed by atoms with Gasteiger partial charge in [0, 0.05) is 12.1 Å². The lowest BCUT2D eigenvalue weighted by molar-refractivity contribution is 0.0600. The number of benzene rings is 1. The van der Waals surface area contributed by atoms with Crippen molar-refractivity contribution in [3.63, 3.8) is 0 Å². The van der Waals surface area contributed by atoms with Gasteiger partial charge in [0.05, 0.1) is 17.6 Å². The normalized spacial score (nSPS) is 17.3. The fraction of sp³-hybridized carbons (Fsp3) is 0.462. The predicted octanol–water partition coefficient (Wildman–Crippen LogP) is 0.633. The minimum atomic E-state index is -3.60. The summed E-state index contributed by atoms with van der Waals surface area (Å²) in [5.74, 6) is -0.503. The SMILES string of the molecule is COC(=O)c1ccc(S(=O)(=O)NCC2(N)CCC2)cc1. The zero-order valence-corrected chi connectivity index (χ0v) is 12.1. The average Bonchev–Trinajstić information content (AvgIpc) is 2.42. The molecule has 0 amide bonds. The fourth-order valence-corrected chi connectivity index (χ4v) is 3.16. The van der Waals surface area contributed by atoms with Crippen LogP contribution in [0.25, 0.3) is 0 Å². The first-order valence-corrected chi connectivity index (χ1v) is 7.82. The van der Waals surface area contributed by atoms with Crippen LogP contribution in [0.3, 0.4) is 0 Å². The average molecular weight is 298 g/mol. The van der Waals surface area contributed by atoms with Crippen molar-refractivity contribution in [3.8, 4) is 0 Å². The number of carbonyl (C=O) groups is 1. The van der Waals surface area contributed by atoms with Crippen LogP contribution in [0, 0.1) is 0 Å². The Balaban J connectivity index is 2.07. The highest BCUT2D eigenvalue weighted by Crippen LogP contribution is 2.28. The minimum absolute atomic E-state index is 0.105. The molecule has 0 radical (unpaired) electrons. The molecule has 2 rings (SSSR count). The van der Waals surface area contributed by atoms with Crippen LogP contribution in [-0.4, -0.2) is 33.6 Å². The Morgan fingerprint density at radius 2 is 1.95 bits per heavy atom. The molecule has 0 aliphatic heterocycles. The molecule has 0 bridgehead atoms. The molecule has 0 saturated heterocycles. The maximum atomic E-state index is 12.1. The molecule has 20 heavy (non-hydrogen) atoms. The first-order chi connectivity index (χ1) is 9.36. The van der Waals surface area contributed by atoms with E-state index in [1.807, 2.05) is 0 Å². The second-order valence-electron chi connectivity index (χ2n) is 5.06. The molecular formula is C13H18N2O4S. The predicted molar refractivity (Wildman–Crippen MR) is 73.7 cm³/mol. The van der Waals surface area contributed by atoms with Crippen LogP contribution in [0.15, 0.2) is 29.2 Å². The number of rotatable bonds is 5. The smallest absolute Gasteiger partial charge is 0.337 e. The molecular weight excluding hydrogens is 280 g/mol. The van der Waals surface area contributed by atoms with Gasteiger partial charge in [-0.1, -0.05) is 0 Å². The van der Waals surface area contributed by atoms with Crippen molar-refractivity contribution in [2.75, 3.05) is 13.7 Å². The van der Waals surface area contributed by atoms with Crippen molar-refractivity contribution in [2.24, 2.45) is 5.73 Å². The van der Waals surface area contributed by atoms with Crippen LogP contribution >= 0.6 is 0 Å². The van der Waals surface area contributed by atoms with Gasteiger partial charge in [0.2, 0.25) is 10.0 Å². The fourth-order valence-electron chi connectivity index (χ4n) is 2.02. The summed E-state index contributed by atoms with van der Waals surface area (Å²) in [5.41, 5.74) is 5.87. The number of hydrogen-bond acceptors (Lipinski definition) is 5. The van der Waals surface area contributed by atoms with Crippen LogP contribution in [0.1, 0.15) is 29.6 Å². The first-order valence-electron chi connectivity index (χ1n) is 6.33. The van der Waals surface area contributed by atoms with E-state index in [1.165, 1.54) is 31.4 Å². The van der Waals surface area contributed by atoms with Crippen LogP contribution in [0.5, 0.6) is 0 Å². The first kappa shape index (κ1) is 15.0. The summed E-state index contributed by atoms with van der Waals surface area (Å²) in [5, 5.41) is 0. The molecule has 1 saturated carbocycles. The lowest BCUT2D eigenvalue weighted by Gasteiger charge is -2.37. The Hall–Kier alpha value is -1.44. The monoisotopic (exact) mass is 298 g/mol. The molecule has 0 unspecified atom stereocenters. The van der Waals surface area contributed by atoms with E-state index in [4.69, 9.17) is 5.73 Å². The molecule has 0 heterocycles. The van der Waals surface area contributed by atoms with Gasteiger partial charge in [-0.3, -0.25) is 0 Å². The second kappa shape index (κ2) is 5.51. The molecule has 1 aromatic rings. The Morgan fingerprint density at radius 3 is 2.40 bits per heavy atom.